The largest absolute Gasteiger partial charge is 0.341 e. The maximum atomic E-state index is 13.4. The summed E-state index contributed by atoms with van der Waals surface area (Å²) in [6.45, 7) is 1.91. The van der Waals surface area contributed by atoms with Gasteiger partial charge in [0.1, 0.15) is 5.82 Å². The molecule has 6 heteroatoms. The van der Waals surface area contributed by atoms with Crippen molar-refractivity contribution in [3.8, 4) is 5.69 Å². The fraction of sp³-hybridized carbons (Fsp3) is 0.100. The number of aromatic nitrogens is 2. The summed E-state index contributed by atoms with van der Waals surface area (Å²) < 4.78 is 1.96. The number of carbonyl (C=O) groups is 1. The molecule has 0 unspecified atom stereocenters. The fourth-order valence-electron chi connectivity index (χ4n) is 4.32. The van der Waals surface area contributed by atoms with Gasteiger partial charge in [-0.25, -0.2) is 4.98 Å². The number of nitrogens with zero attached hydrogens (tertiary/aromatic N) is 2. The normalized spacial score (nSPS) is 10.8. The molecule has 0 radical (unpaired) electrons. The number of rotatable bonds is 7. The summed E-state index contributed by atoms with van der Waals surface area (Å²) in [7, 11) is 0. The van der Waals surface area contributed by atoms with Crippen molar-refractivity contribution in [3.05, 3.63) is 125 Å². The van der Waals surface area contributed by atoms with E-state index in [2.05, 4.69) is 10.6 Å². The molecular formula is C30H26N4O2. The summed E-state index contributed by atoms with van der Waals surface area (Å²) in [5, 5.41) is 6.82. The van der Waals surface area contributed by atoms with Crippen LogP contribution >= 0.6 is 0 Å². The number of benzene rings is 3. The highest BCUT2D eigenvalue weighted by Gasteiger charge is 2.17. The summed E-state index contributed by atoms with van der Waals surface area (Å²) >= 11 is 0. The van der Waals surface area contributed by atoms with Crippen LogP contribution in [-0.4, -0.2) is 15.5 Å². The highest BCUT2D eigenvalue weighted by molar-refractivity contribution is 5.91. The van der Waals surface area contributed by atoms with E-state index in [1.807, 2.05) is 109 Å². The highest BCUT2D eigenvalue weighted by atomic mass is 16.1. The third kappa shape index (κ3) is 5.03. The maximum absolute atomic E-state index is 13.4. The van der Waals surface area contributed by atoms with Gasteiger partial charge < -0.3 is 10.6 Å². The zero-order valence-corrected chi connectivity index (χ0v) is 19.9. The van der Waals surface area contributed by atoms with Gasteiger partial charge in [0.25, 0.3) is 0 Å². The van der Waals surface area contributed by atoms with Gasteiger partial charge in [0.15, 0.2) is 11.1 Å². The summed E-state index contributed by atoms with van der Waals surface area (Å²) in [5.41, 5.74) is 4.51. The van der Waals surface area contributed by atoms with E-state index in [-0.39, 0.29) is 17.8 Å². The standard InChI is InChI=1S/C30H26N4O2/c1-21-19-22(17-18-28(36)33-24-13-7-3-8-14-24)29-26(35)20-27(32-23-11-5-2-6-12-23)34(30(29)31-21)25-15-9-4-10-16-25/h2-16,19-20,32H,17-18H2,1H3,(H,33,36). The number of pyridine rings is 2. The number of aryl methyl sites for hydroxylation is 2. The van der Waals surface area contributed by atoms with Crippen LogP contribution < -0.4 is 16.1 Å². The molecule has 3 aromatic carbocycles. The van der Waals surface area contributed by atoms with Gasteiger partial charge in [-0.3, -0.25) is 14.2 Å². The minimum Gasteiger partial charge on any atom is -0.341 e. The number of hydrogen-bond donors (Lipinski definition) is 2. The Balaban J connectivity index is 1.58. The molecule has 0 atom stereocenters. The molecule has 36 heavy (non-hydrogen) atoms. The molecule has 2 aromatic heterocycles. The molecule has 0 saturated carbocycles. The number of nitrogens with one attached hydrogen (secondary N) is 2. The lowest BCUT2D eigenvalue weighted by Crippen LogP contribution is -2.17. The number of hydrogen-bond acceptors (Lipinski definition) is 4. The van der Waals surface area contributed by atoms with Gasteiger partial charge in [0, 0.05) is 35.2 Å². The van der Waals surface area contributed by atoms with Gasteiger partial charge in [-0.2, -0.15) is 0 Å². The van der Waals surface area contributed by atoms with E-state index in [1.165, 1.54) is 0 Å². The Bertz CT molecular complexity index is 1560. The molecule has 0 spiro atoms. The van der Waals surface area contributed by atoms with Crippen LogP contribution in [0.15, 0.2) is 108 Å². The van der Waals surface area contributed by atoms with E-state index in [0.29, 0.717) is 23.3 Å². The van der Waals surface area contributed by atoms with Crippen molar-refractivity contribution in [1.82, 2.24) is 9.55 Å². The molecule has 1 amide bonds. The third-order valence-corrected chi connectivity index (χ3v) is 5.92. The number of carbonyl (C=O) groups excluding carboxylic acids is 1. The quantitative estimate of drug-likeness (QED) is 0.303. The third-order valence-electron chi connectivity index (χ3n) is 5.92. The van der Waals surface area contributed by atoms with Gasteiger partial charge in [-0.05, 0) is 61.4 Å². The van der Waals surface area contributed by atoms with E-state index in [1.54, 1.807) is 6.07 Å². The molecule has 2 N–H and O–H groups in total. The average Bonchev–Trinajstić information content (AvgIpc) is 2.89. The first-order chi connectivity index (χ1) is 17.6. The van der Waals surface area contributed by atoms with Crippen LogP contribution in [0.4, 0.5) is 17.2 Å². The highest BCUT2D eigenvalue weighted by Crippen LogP contribution is 2.26. The molecule has 5 rings (SSSR count). The van der Waals surface area contributed by atoms with Crippen molar-refractivity contribution in [3.63, 3.8) is 0 Å². The van der Waals surface area contributed by atoms with E-state index < -0.39 is 0 Å². The fourth-order valence-corrected chi connectivity index (χ4v) is 4.32. The molecule has 0 aliphatic carbocycles. The number of anilines is 3. The lowest BCUT2D eigenvalue weighted by Gasteiger charge is -2.19. The number of amides is 1. The summed E-state index contributed by atoms with van der Waals surface area (Å²) in [6.07, 6.45) is 0.677. The van der Waals surface area contributed by atoms with Crippen molar-refractivity contribution in [2.24, 2.45) is 0 Å². The van der Waals surface area contributed by atoms with Gasteiger partial charge in [-0.1, -0.05) is 54.6 Å². The van der Waals surface area contributed by atoms with Crippen LogP contribution in [0.25, 0.3) is 16.7 Å². The smallest absolute Gasteiger partial charge is 0.224 e. The van der Waals surface area contributed by atoms with Crippen LogP contribution in [0.1, 0.15) is 17.7 Å². The first kappa shape index (κ1) is 23.1. The Morgan fingerprint density at radius 1 is 0.833 bits per heavy atom. The van der Waals surface area contributed by atoms with Crippen LogP contribution in [0.5, 0.6) is 0 Å². The molecule has 5 aromatic rings. The summed E-state index contributed by atoms with van der Waals surface area (Å²) in [4.78, 5) is 30.9. The van der Waals surface area contributed by atoms with Crippen molar-refractivity contribution in [2.75, 3.05) is 10.6 Å². The van der Waals surface area contributed by atoms with Crippen LogP contribution in [0, 0.1) is 6.92 Å². The van der Waals surface area contributed by atoms with Crippen LogP contribution in [0.2, 0.25) is 0 Å². The van der Waals surface area contributed by atoms with E-state index in [4.69, 9.17) is 4.98 Å². The predicted molar refractivity (Wildman–Crippen MR) is 145 cm³/mol. The Morgan fingerprint density at radius 3 is 2.11 bits per heavy atom. The van der Waals surface area contributed by atoms with Crippen LogP contribution in [-0.2, 0) is 11.2 Å². The molecule has 178 valence electrons. The van der Waals surface area contributed by atoms with Gasteiger partial charge in [0.2, 0.25) is 5.91 Å². The second-order valence-electron chi connectivity index (χ2n) is 8.59. The van der Waals surface area contributed by atoms with Crippen molar-refractivity contribution >= 4 is 34.1 Å². The molecule has 0 fully saturated rings. The Labute approximate surface area is 209 Å². The molecule has 0 saturated heterocycles. The second kappa shape index (κ2) is 10.3. The van der Waals surface area contributed by atoms with E-state index >= 15 is 0 Å². The minimum atomic E-state index is -0.137. The summed E-state index contributed by atoms with van der Waals surface area (Å²) in [6, 6.07) is 32.4. The van der Waals surface area contributed by atoms with E-state index in [9.17, 15) is 9.59 Å². The molecule has 0 aliphatic rings. The lowest BCUT2D eigenvalue weighted by atomic mass is 10.0. The van der Waals surface area contributed by atoms with Gasteiger partial charge >= 0.3 is 0 Å². The first-order valence-electron chi connectivity index (χ1n) is 11.9. The lowest BCUT2D eigenvalue weighted by molar-refractivity contribution is -0.116. The predicted octanol–water partition coefficient (Wildman–Crippen LogP) is 6.01. The van der Waals surface area contributed by atoms with Gasteiger partial charge in [0.05, 0.1) is 5.39 Å². The van der Waals surface area contributed by atoms with Gasteiger partial charge in [-0.15, -0.1) is 0 Å². The SMILES string of the molecule is Cc1cc(CCC(=O)Nc2ccccc2)c2c(=O)cc(Nc3ccccc3)n(-c3ccccc3)c2n1. The van der Waals surface area contributed by atoms with Crippen molar-refractivity contribution in [2.45, 2.75) is 19.8 Å². The zero-order valence-electron chi connectivity index (χ0n) is 19.9. The second-order valence-corrected chi connectivity index (χ2v) is 8.59. The topological polar surface area (TPSA) is 76.0 Å². The zero-order chi connectivity index (χ0) is 24.9. The van der Waals surface area contributed by atoms with Crippen molar-refractivity contribution < 1.29 is 4.79 Å². The average molecular weight is 475 g/mol. The molecule has 0 bridgehead atoms. The molecule has 2 heterocycles. The minimum absolute atomic E-state index is 0.102. The van der Waals surface area contributed by atoms with E-state index in [0.717, 1.165) is 28.3 Å². The first-order valence-corrected chi connectivity index (χ1v) is 11.9. The molecule has 6 nitrogen and oxygen atoms in total. The number of fused-ring (bicyclic) bond motifs is 1. The maximum Gasteiger partial charge on any atom is 0.224 e. The summed E-state index contributed by atoms with van der Waals surface area (Å²) in [5.74, 6) is 0.519. The molecular weight excluding hydrogens is 448 g/mol. The Morgan fingerprint density at radius 2 is 1.44 bits per heavy atom. The van der Waals surface area contributed by atoms with Crippen LogP contribution in [0.3, 0.4) is 0 Å². The number of para-hydroxylation sites is 3. The van der Waals surface area contributed by atoms with Crippen molar-refractivity contribution in [1.29, 1.82) is 0 Å². The Hall–Kier alpha value is -4.71. The Kier molecular flexibility index (Phi) is 6.58. The molecule has 0 aliphatic heterocycles. The monoisotopic (exact) mass is 474 g/mol.